The van der Waals surface area contributed by atoms with Crippen LogP contribution in [0, 0.1) is 12.8 Å². The molecule has 1 aromatic carbocycles. The molecule has 16 heavy (non-hydrogen) atoms. The van der Waals surface area contributed by atoms with E-state index in [1.165, 1.54) is 10.9 Å². The Bertz CT molecular complexity index is 562. The third kappa shape index (κ3) is 1.26. The van der Waals surface area contributed by atoms with Crippen molar-refractivity contribution in [2.75, 3.05) is 0 Å². The fourth-order valence-corrected chi connectivity index (χ4v) is 2.39. The summed E-state index contributed by atoms with van der Waals surface area (Å²) in [6, 6.07) is 10.4. The quantitative estimate of drug-likeness (QED) is 0.789. The van der Waals surface area contributed by atoms with Gasteiger partial charge in [-0.1, -0.05) is 25.1 Å². The van der Waals surface area contributed by atoms with E-state index in [0.717, 1.165) is 17.6 Å². The Morgan fingerprint density at radius 2 is 2.06 bits per heavy atom. The highest BCUT2D eigenvalue weighted by Gasteiger charge is 2.50. The molecule has 0 saturated heterocycles. The van der Waals surface area contributed by atoms with Gasteiger partial charge in [0.05, 0.1) is 16.7 Å². The summed E-state index contributed by atoms with van der Waals surface area (Å²) in [5.41, 5.74) is 9.51. The van der Waals surface area contributed by atoms with Crippen LogP contribution >= 0.6 is 0 Å². The van der Waals surface area contributed by atoms with Gasteiger partial charge in [-0.3, -0.25) is 4.98 Å². The molecule has 0 bridgehead atoms. The lowest BCUT2D eigenvalue weighted by molar-refractivity contribution is 0.644. The molecule has 0 radical (unpaired) electrons. The van der Waals surface area contributed by atoms with Gasteiger partial charge < -0.3 is 5.73 Å². The molecule has 3 rings (SSSR count). The first-order valence-corrected chi connectivity index (χ1v) is 5.77. The normalized spacial score (nSPS) is 28.3. The van der Waals surface area contributed by atoms with E-state index >= 15 is 0 Å². The number of benzene rings is 1. The van der Waals surface area contributed by atoms with Crippen LogP contribution in [0.25, 0.3) is 10.9 Å². The molecule has 1 aliphatic carbocycles. The smallest absolute Gasteiger partial charge is 0.0708 e. The number of aryl methyl sites for hydroxylation is 1. The predicted molar refractivity (Wildman–Crippen MR) is 66.1 cm³/mol. The average molecular weight is 212 g/mol. The highest BCUT2D eigenvalue weighted by Crippen LogP contribution is 2.48. The number of hydrogen-bond donors (Lipinski definition) is 1. The molecule has 2 N–H and O–H groups in total. The third-order valence-corrected chi connectivity index (χ3v) is 3.76. The monoisotopic (exact) mass is 212 g/mol. The van der Waals surface area contributed by atoms with Crippen LogP contribution in [-0.4, -0.2) is 4.98 Å². The summed E-state index contributed by atoms with van der Waals surface area (Å²) < 4.78 is 0. The molecule has 2 heteroatoms. The van der Waals surface area contributed by atoms with Crippen molar-refractivity contribution in [2.24, 2.45) is 11.7 Å². The second-order valence-corrected chi connectivity index (χ2v) is 4.99. The molecule has 1 heterocycles. The van der Waals surface area contributed by atoms with Crippen LogP contribution < -0.4 is 5.73 Å². The Morgan fingerprint density at radius 3 is 2.75 bits per heavy atom. The zero-order chi connectivity index (χ0) is 11.3. The number of nitrogens with two attached hydrogens (primary N) is 1. The zero-order valence-electron chi connectivity index (χ0n) is 9.70. The van der Waals surface area contributed by atoms with Crippen LogP contribution in [0.15, 0.2) is 30.3 Å². The minimum atomic E-state index is -0.172. The van der Waals surface area contributed by atoms with E-state index in [-0.39, 0.29) is 5.54 Å². The van der Waals surface area contributed by atoms with Gasteiger partial charge >= 0.3 is 0 Å². The summed E-state index contributed by atoms with van der Waals surface area (Å²) in [5, 5.41) is 1.23. The maximum Gasteiger partial charge on any atom is 0.0708 e. The van der Waals surface area contributed by atoms with Crippen molar-refractivity contribution in [3.05, 3.63) is 41.6 Å². The number of rotatable bonds is 1. The van der Waals surface area contributed by atoms with E-state index in [4.69, 9.17) is 10.7 Å². The lowest BCUT2D eigenvalue weighted by Gasteiger charge is -2.12. The van der Waals surface area contributed by atoms with Crippen molar-refractivity contribution in [3.63, 3.8) is 0 Å². The first-order valence-electron chi connectivity index (χ1n) is 5.77. The molecule has 0 spiro atoms. The summed E-state index contributed by atoms with van der Waals surface area (Å²) in [6.07, 6.45) is 1.05. The summed E-state index contributed by atoms with van der Waals surface area (Å²) in [5.74, 6) is 0.556. The summed E-state index contributed by atoms with van der Waals surface area (Å²) in [4.78, 5) is 4.70. The first kappa shape index (κ1) is 9.79. The van der Waals surface area contributed by atoms with Crippen molar-refractivity contribution in [3.8, 4) is 0 Å². The van der Waals surface area contributed by atoms with Crippen LogP contribution in [-0.2, 0) is 5.54 Å². The number of nitrogens with zero attached hydrogens (tertiary/aromatic N) is 1. The minimum absolute atomic E-state index is 0.172. The van der Waals surface area contributed by atoms with Crippen molar-refractivity contribution in [1.82, 2.24) is 4.98 Å². The van der Waals surface area contributed by atoms with Gasteiger partial charge in [0.1, 0.15) is 0 Å². The van der Waals surface area contributed by atoms with Gasteiger partial charge in [0.2, 0.25) is 0 Å². The van der Waals surface area contributed by atoms with Gasteiger partial charge in [-0.25, -0.2) is 0 Å². The molecule has 1 aromatic heterocycles. The van der Waals surface area contributed by atoms with Gasteiger partial charge in [-0.2, -0.15) is 0 Å². The number of fused-ring (bicyclic) bond motifs is 1. The van der Waals surface area contributed by atoms with Gasteiger partial charge in [0.25, 0.3) is 0 Å². The summed E-state index contributed by atoms with van der Waals surface area (Å²) >= 11 is 0. The SMILES string of the molecule is Cc1cc(C2(N)CC2C)nc2ccccc12. The maximum absolute atomic E-state index is 6.31. The summed E-state index contributed by atoms with van der Waals surface area (Å²) in [6.45, 7) is 4.32. The van der Waals surface area contributed by atoms with E-state index in [0.29, 0.717) is 5.92 Å². The zero-order valence-corrected chi connectivity index (χ0v) is 9.70. The van der Waals surface area contributed by atoms with E-state index in [1.54, 1.807) is 0 Å². The lowest BCUT2D eigenvalue weighted by atomic mass is 10.0. The van der Waals surface area contributed by atoms with E-state index in [1.807, 2.05) is 6.07 Å². The molecule has 2 aromatic rings. The standard InChI is InChI=1S/C14H16N2/c1-9-7-13(14(15)8-10(14)2)16-12-6-4-3-5-11(9)12/h3-7,10H,8,15H2,1-2H3. The predicted octanol–water partition coefficient (Wildman–Crippen LogP) is 2.74. The topological polar surface area (TPSA) is 38.9 Å². The Morgan fingerprint density at radius 1 is 1.38 bits per heavy atom. The minimum Gasteiger partial charge on any atom is -0.320 e. The first-order chi connectivity index (χ1) is 7.61. The molecule has 2 atom stereocenters. The summed E-state index contributed by atoms with van der Waals surface area (Å²) in [7, 11) is 0. The van der Waals surface area contributed by atoms with Crippen molar-refractivity contribution in [2.45, 2.75) is 25.8 Å². The Kier molecular flexibility index (Phi) is 1.86. The van der Waals surface area contributed by atoms with E-state index in [9.17, 15) is 0 Å². The number of pyridine rings is 1. The highest BCUT2D eigenvalue weighted by atomic mass is 14.9. The fourth-order valence-electron chi connectivity index (χ4n) is 2.39. The van der Waals surface area contributed by atoms with Gasteiger partial charge in [-0.15, -0.1) is 0 Å². The van der Waals surface area contributed by atoms with E-state index in [2.05, 4.69) is 38.1 Å². The molecular formula is C14H16N2. The molecule has 1 saturated carbocycles. The van der Waals surface area contributed by atoms with Crippen LogP contribution in [0.4, 0.5) is 0 Å². The third-order valence-electron chi connectivity index (χ3n) is 3.76. The molecule has 82 valence electrons. The molecule has 1 fully saturated rings. The molecule has 0 amide bonds. The average Bonchev–Trinajstić information content (AvgIpc) is 2.88. The van der Waals surface area contributed by atoms with Crippen molar-refractivity contribution >= 4 is 10.9 Å². The van der Waals surface area contributed by atoms with Crippen LogP contribution in [0.3, 0.4) is 0 Å². The molecule has 2 unspecified atom stereocenters. The Balaban J connectivity index is 2.22. The van der Waals surface area contributed by atoms with Crippen LogP contribution in [0.5, 0.6) is 0 Å². The molecule has 1 aliphatic rings. The van der Waals surface area contributed by atoms with Crippen LogP contribution in [0.1, 0.15) is 24.6 Å². The Labute approximate surface area is 95.5 Å². The largest absolute Gasteiger partial charge is 0.320 e. The second kappa shape index (κ2) is 3.05. The van der Waals surface area contributed by atoms with Crippen molar-refractivity contribution in [1.29, 1.82) is 0 Å². The maximum atomic E-state index is 6.31. The van der Waals surface area contributed by atoms with Gasteiger partial charge in [0, 0.05) is 5.39 Å². The van der Waals surface area contributed by atoms with Gasteiger partial charge in [0.15, 0.2) is 0 Å². The molecular weight excluding hydrogens is 196 g/mol. The van der Waals surface area contributed by atoms with E-state index < -0.39 is 0 Å². The Hall–Kier alpha value is -1.41. The molecule has 2 nitrogen and oxygen atoms in total. The fraction of sp³-hybridized carbons (Fsp3) is 0.357. The molecule has 0 aliphatic heterocycles. The van der Waals surface area contributed by atoms with Crippen molar-refractivity contribution < 1.29 is 0 Å². The van der Waals surface area contributed by atoms with Gasteiger partial charge in [-0.05, 0) is 37.0 Å². The highest BCUT2D eigenvalue weighted by molar-refractivity contribution is 5.82. The lowest BCUT2D eigenvalue weighted by Crippen LogP contribution is -2.23. The van der Waals surface area contributed by atoms with Crippen LogP contribution in [0.2, 0.25) is 0 Å². The number of para-hydroxylation sites is 1. The number of hydrogen-bond acceptors (Lipinski definition) is 2. The second-order valence-electron chi connectivity index (χ2n) is 4.99. The number of aromatic nitrogens is 1.